The third-order valence-electron chi connectivity index (χ3n) is 7.11. The molecule has 1 aromatic carbocycles. The molecule has 36 heavy (non-hydrogen) atoms. The molecule has 0 saturated carbocycles. The number of anilines is 1. The lowest BCUT2D eigenvalue weighted by atomic mass is 10.0. The molecule has 3 aliphatic rings. The van der Waals surface area contributed by atoms with Crippen molar-refractivity contribution in [2.75, 3.05) is 63.8 Å². The fourth-order valence-electron chi connectivity index (χ4n) is 5.47. The second kappa shape index (κ2) is 10.1. The summed E-state index contributed by atoms with van der Waals surface area (Å²) in [5.74, 6) is 0.265. The van der Waals surface area contributed by atoms with Crippen LogP contribution in [0.5, 0.6) is 0 Å². The lowest BCUT2D eigenvalue weighted by molar-refractivity contribution is -0.266. The van der Waals surface area contributed by atoms with E-state index in [0.29, 0.717) is 64.6 Å². The molecule has 0 aliphatic carbocycles. The van der Waals surface area contributed by atoms with Gasteiger partial charge < -0.3 is 24.4 Å². The number of hydrogen-bond acceptors (Lipinski definition) is 7. The van der Waals surface area contributed by atoms with E-state index >= 15 is 0 Å². The van der Waals surface area contributed by atoms with E-state index in [2.05, 4.69) is 9.80 Å². The molecule has 3 fully saturated rings. The van der Waals surface area contributed by atoms with E-state index < -0.39 is 23.4 Å². The average molecular weight is 512 g/mol. The smallest absolute Gasteiger partial charge is 0.416 e. The summed E-state index contributed by atoms with van der Waals surface area (Å²) in [6.07, 6.45) is -5.64. The number of carbonyl (C=O) groups is 2. The van der Waals surface area contributed by atoms with Crippen LogP contribution in [0.3, 0.4) is 0 Å². The van der Waals surface area contributed by atoms with Crippen molar-refractivity contribution in [2.24, 2.45) is 11.8 Å². The Bertz CT molecular complexity index is 959. The molecule has 0 N–H and O–H groups in total. The van der Waals surface area contributed by atoms with Gasteiger partial charge in [-0.1, -0.05) is 6.07 Å². The van der Waals surface area contributed by atoms with Gasteiger partial charge in [-0.2, -0.15) is 13.2 Å². The first-order valence-corrected chi connectivity index (χ1v) is 12.4. The molecular formula is C25H34F3N4O4-. The molecule has 0 spiro atoms. The van der Waals surface area contributed by atoms with Gasteiger partial charge in [0, 0.05) is 64.6 Å². The van der Waals surface area contributed by atoms with Gasteiger partial charge in [-0.15, -0.1) is 0 Å². The van der Waals surface area contributed by atoms with Crippen LogP contribution >= 0.6 is 0 Å². The van der Waals surface area contributed by atoms with Crippen LogP contribution in [0.1, 0.15) is 31.9 Å². The summed E-state index contributed by atoms with van der Waals surface area (Å²) >= 11 is 0. The molecule has 0 bridgehead atoms. The summed E-state index contributed by atoms with van der Waals surface area (Å²) in [6.45, 7) is 10.5. The van der Waals surface area contributed by atoms with Crippen molar-refractivity contribution in [1.82, 2.24) is 14.7 Å². The maximum atomic E-state index is 13.5. The Hall–Kier alpha value is -2.53. The van der Waals surface area contributed by atoms with Crippen LogP contribution in [-0.4, -0.2) is 91.3 Å². The highest BCUT2D eigenvalue weighted by Gasteiger charge is 2.42. The molecule has 1 amide bonds. The molecule has 0 aromatic heterocycles. The molecule has 2 atom stereocenters. The standard InChI is InChI=1S/C25H35F3N4O4/c1-24(2,3)36-22(33)16-30-12-18-14-32(15-19(18)13-30)21-10-20(25(26,27)28)5-4-17(21)11-29-6-8-31(9-7-29)23(34)35/h4-5,10,18-19H,6-9,11-16H2,1-3H3,(H,34,35)/p-1. The van der Waals surface area contributed by atoms with Gasteiger partial charge in [0.25, 0.3) is 0 Å². The zero-order valence-corrected chi connectivity index (χ0v) is 21.0. The third kappa shape index (κ3) is 6.42. The molecule has 4 rings (SSSR count). The molecular weight excluding hydrogens is 477 g/mol. The highest BCUT2D eigenvalue weighted by atomic mass is 19.4. The minimum Gasteiger partial charge on any atom is -0.530 e. The van der Waals surface area contributed by atoms with Gasteiger partial charge >= 0.3 is 12.1 Å². The van der Waals surface area contributed by atoms with E-state index in [9.17, 15) is 27.9 Å². The molecule has 1 aromatic rings. The molecule has 3 saturated heterocycles. The van der Waals surface area contributed by atoms with Crippen molar-refractivity contribution in [1.29, 1.82) is 0 Å². The summed E-state index contributed by atoms with van der Waals surface area (Å²) in [6, 6.07) is 3.91. The van der Waals surface area contributed by atoms with Crippen LogP contribution in [0.15, 0.2) is 18.2 Å². The first-order chi connectivity index (χ1) is 16.8. The zero-order valence-electron chi connectivity index (χ0n) is 21.0. The SMILES string of the molecule is CC(C)(C)OC(=O)CN1CC2CN(c3cc(C(F)(F)F)ccc3CN3CCN(C(=O)[O-])CC3)CC2C1. The van der Waals surface area contributed by atoms with Gasteiger partial charge in [-0.05, 0) is 50.3 Å². The van der Waals surface area contributed by atoms with E-state index in [4.69, 9.17) is 4.74 Å². The van der Waals surface area contributed by atoms with Crippen molar-refractivity contribution in [2.45, 2.75) is 39.1 Å². The monoisotopic (exact) mass is 511 g/mol. The van der Waals surface area contributed by atoms with Gasteiger partial charge in [-0.3, -0.25) is 14.6 Å². The van der Waals surface area contributed by atoms with Crippen LogP contribution in [0, 0.1) is 11.8 Å². The number of benzene rings is 1. The maximum absolute atomic E-state index is 13.5. The molecule has 2 unspecified atom stereocenters. The number of nitrogens with zero attached hydrogens (tertiary/aromatic N) is 4. The van der Waals surface area contributed by atoms with Crippen molar-refractivity contribution >= 4 is 17.7 Å². The summed E-state index contributed by atoms with van der Waals surface area (Å²) in [5.41, 5.74) is 0.169. The van der Waals surface area contributed by atoms with Crippen LogP contribution in [0.25, 0.3) is 0 Å². The number of piperazine rings is 1. The number of ether oxygens (including phenoxy) is 1. The van der Waals surface area contributed by atoms with Crippen LogP contribution in [0.4, 0.5) is 23.7 Å². The van der Waals surface area contributed by atoms with Gasteiger partial charge in [0.1, 0.15) is 11.7 Å². The number of esters is 1. The Morgan fingerprint density at radius 1 is 0.972 bits per heavy atom. The molecule has 11 heteroatoms. The van der Waals surface area contributed by atoms with Crippen molar-refractivity contribution in [3.05, 3.63) is 29.3 Å². The zero-order chi connectivity index (χ0) is 26.3. The van der Waals surface area contributed by atoms with E-state index in [0.717, 1.165) is 11.6 Å². The number of rotatable bonds is 5. The summed E-state index contributed by atoms with van der Waals surface area (Å²) in [7, 11) is 0. The van der Waals surface area contributed by atoms with Crippen molar-refractivity contribution < 1.29 is 32.6 Å². The van der Waals surface area contributed by atoms with Crippen LogP contribution in [-0.2, 0) is 22.3 Å². The predicted molar refractivity (Wildman–Crippen MR) is 125 cm³/mol. The summed E-state index contributed by atoms with van der Waals surface area (Å²) < 4.78 is 46.0. The minimum atomic E-state index is -4.44. The fourth-order valence-corrected chi connectivity index (χ4v) is 5.47. The Morgan fingerprint density at radius 3 is 2.11 bits per heavy atom. The molecule has 200 valence electrons. The van der Waals surface area contributed by atoms with Gasteiger partial charge in [0.15, 0.2) is 0 Å². The van der Waals surface area contributed by atoms with E-state index in [-0.39, 0.29) is 24.3 Å². The quantitative estimate of drug-likeness (QED) is 0.559. The lowest BCUT2D eigenvalue weighted by Gasteiger charge is -2.37. The highest BCUT2D eigenvalue weighted by molar-refractivity contribution is 5.72. The summed E-state index contributed by atoms with van der Waals surface area (Å²) in [4.78, 5) is 30.7. The number of carboxylic acid groups (broad SMARTS) is 1. The van der Waals surface area contributed by atoms with Gasteiger partial charge in [0.05, 0.1) is 12.1 Å². The summed E-state index contributed by atoms with van der Waals surface area (Å²) in [5, 5.41) is 11.1. The largest absolute Gasteiger partial charge is 0.530 e. The Morgan fingerprint density at radius 2 is 1.58 bits per heavy atom. The first kappa shape index (κ1) is 26.5. The van der Waals surface area contributed by atoms with Gasteiger partial charge in [0.2, 0.25) is 0 Å². The van der Waals surface area contributed by atoms with Gasteiger partial charge in [-0.25, -0.2) is 0 Å². The molecule has 8 nitrogen and oxygen atoms in total. The number of fused-ring (bicyclic) bond motifs is 1. The van der Waals surface area contributed by atoms with Crippen LogP contribution in [0.2, 0.25) is 0 Å². The average Bonchev–Trinajstić information content (AvgIpc) is 3.30. The number of likely N-dealkylation sites (tertiary alicyclic amines) is 1. The normalized spacial score (nSPS) is 23.7. The van der Waals surface area contributed by atoms with E-state index in [1.54, 1.807) is 6.07 Å². The number of amides is 1. The molecule has 3 aliphatic heterocycles. The number of carbonyl (C=O) groups excluding carboxylic acids is 2. The third-order valence-corrected chi connectivity index (χ3v) is 7.11. The topological polar surface area (TPSA) is 79.4 Å². The number of halogens is 3. The minimum absolute atomic E-state index is 0.219. The first-order valence-electron chi connectivity index (χ1n) is 12.4. The van der Waals surface area contributed by atoms with Crippen molar-refractivity contribution in [3.8, 4) is 0 Å². The number of alkyl halides is 3. The Labute approximate surface area is 209 Å². The Kier molecular flexibility index (Phi) is 7.43. The second-order valence-electron chi connectivity index (χ2n) is 11.1. The van der Waals surface area contributed by atoms with E-state index in [1.807, 2.05) is 25.7 Å². The lowest BCUT2D eigenvalue weighted by Crippen LogP contribution is -2.52. The molecule has 0 radical (unpaired) electrons. The Balaban J connectivity index is 1.43. The predicted octanol–water partition coefficient (Wildman–Crippen LogP) is 1.88. The van der Waals surface area contributed by atoms with E-state index in [1.165, 1.54) is 11.0 Å². The molecule has 3 heterocycles. The van der Waals surface area contributed by atoms with Crippen molar-refractivity contribution in [3.63, 3.8) is 0 Å². The maximum Gasteiger partial charge on any atom is 0.416 e. The fraction of sp³-hybridized carbons (Fsp3) is 0.680. The highest BCUT2D eigenvalue weighted by Crippen LogP contribution is 2.39. The van der Waals surface area contributed by atoms with Crippen LogP contribution < -0.4 is 10.0 Å². The second-order valence-corrected chi connectivity index (χ2v) is 11.1. The number of hydrogen-bond donors (Lipinski definition) is 0.